The summed E-state index contributed by atoms with van der Waals surface area (Å²) in [5.74, 6) is 0.325. The number of hydrogen-bond acceptors (Lipinski definition) is 2. The number of rotatable bonds is 3. The molecule has 2 atom stereocenters. The monoisotopic (exact) mass is 296 g/mol. The van der Waals surface area contributed by atoms with Crippen LogP contribution in [0.4, 0.5) is 0 Å². The molecule has 0 saturated carbocycles. The number of likely N-dealkylation sites (tertiary alicyclic amines) is 1. The minimum atomic E-state index is 0.0508. The molecule has 2 aromatic carbocycles. The SMILES string of the molecule is N#C[C@H]1CN(Cc2ccccc2)C[C@H]1c1ccc(Cl)cc1. The molecule has 1 fully saturated rings. The molecule has 2 aromatic rings. The van der Waals surface area contributed by atoms with Crippen molar-refractivity contribution < 1.29 is 0 Å². The van der Waals surface area contributed by atoms with E-state index in [2.05, 4.69) is 35.2 Å². The van der Waals surface area contributed by atoms with Gasteiger partial charge in [-0.05, 0) is 23.3 Å². The van der Waals surface area contributed by atoms with E-state index in [0.29, 0.717) is 0 Å². The van der Waals surface area contributed by atoms with E-state index in [1.54, 1.807) is 0 Å². The molecule has 0 amide bonds. The Morgan fingerprint density at radius 3 is 2.43 bits per heavy atom. The molecule has 1 aliphatic rings. The number of nitriles is 1. The highest BCUT2D eigenvalue weighted by Crippen LogP contribution is 2.33. The van der Waals surface area contributed by atoms with Crippen molar-refractivity contribution in [1.82, 2.24) is 4.90 Å². The zero-order chi connectivity index (χ0) is 14.7. The maximum absolute atomic E-state index is 9.43. The van der Waals surface area contributed by atoms with Crippen LogP contribution in [-0.2, 0) is 6.54 Å². The molecule has 106 valence electrons. The van der Waals surface area contributed by atoms with Crippen LogP contribution in [0.15, 0.2) is 54.6 Å². The first-order valence-corrected chi connectivity index (χ1v) is 7.55. The third-order valence-electron chi connectivity index (χ3n) is 4.11. The van der Waals surface area contributed by atoms with Gasteiger partial charge in [-0.25, -0.2) is 0 Å². The van der Waals surface area contributed by atoms with Gasteiger partial charge >= 0.3 is 0 Å². The number of halogens is 1. The molecule has 0 radical (unpaired) electrons. The molecule has 2 nitrogen and oxygen atoms in total. The van der Waals surface area contributed by atoms with Crippen molar-refractivity contribution in [1.29, 1.82) is 5.26 Å². The second-order valence-electron chi connectivity index (χ2n) is 5.57. The van der Waals surface area contributed by atoms with Gasteiger partial charge in [-0.1, -0.05) is 54.1 Å². The normalized spacial score (nSPS) is 22.1. The van der Waals surface area contributed by atoms with Crippen molar-refractivity contribution in [3.05, 3.63) is 70.7 Å². The van der Waals surface area contributed by atoms with Gasteiger partial charge in [-0.3, -0.25) is 4.90 Å². The van der Waals surface area contributed by atoms with Crippen molar-refractivity contribution in [2.24, 2.45) is 5.92 Å². The lowest BCUT2D eigenvalue weighted by Gasteiger charge is -2.16. The molecule has 0 unspecified atom stereocenters. The predicted octanol–water partition coefficient (Wildman–Crippen LogP) is 4.08. The summed E-state index contributed by atoms with van der Waals surface area (Å²) < 4.78 is 0. The Morgan fingerprint density at radius 1 is 1.05 bits per heavy atom. The second-order valence-corrected chi connectivity index (χ2v) is 6.01. The van der Waals surface area contributed by atoms with E-state index in [9.17, 15) is 5.26 Å². The van der Waals surface area contributed by atoms with Crippen molar-refractivity contribution >= 4 is 11.6 Å². The molecule has 3 rings (SSSR count). The highest BCUT2D eigenvalue weighted by atomic mass is 35.5. The molecule has 0 aliphatic carbocycles. The van der Waals surface area contributed by atoms with Gasteiger partial charge in [0.2, 0.25) is 0 Å². The zero-order valence-electron chi connectivity index (χ0n) is 11.7. The Morgan fingerprint density at radius 2 is 1.76 bits per heavy atom. The van der Waals surface area contributed by atoms with Crippen molar-refractivity contribution in [2.45, 2.75) is 12.5 Å². The summed E-state index contributed by atoms with van der Waals surface area (Å²) in [7, 11) is 0. The van der Waals surface area contributed by atoms with Crippen LogP contribution in [-0.4, -0.2) is 18.0 Å². The maximum Gasteiger partial charge on any atom is 0.0676 e. The molecular formula is C18H17ClN2. The number of hydrogen-bond donors (Lipinski definition) is 0. The first-order chi connectivity index (χ1) is 10.3. The van der Waals surface area contributed by atoms with Crippen LogP contribution in [0.2, 0.25) is 5.02 Å². The first kappa shape index (κ1) is 14.1. The van der Waals surface area contributed by atoms with E-state index >= 15 is 0 Å². The molecule has 1 saturated heterocycles. The van der Waals surface area contributed by atoms with E-state index in [1.165, 1.54) is 11.1 Å². The van der Waals surface area contributed by atoms with Crippen LogP contribution in [0.1, 0.15) is 17.0 Å². The fourth-order valence-electron chi connectivity index (χ4n) is 3.03. The average Bonchev–Trinajstić information content (AvgIpc) is 2.92. The Kier molecular flexibility index (Phi) is 4.24. The molecule has 0 bridgehead atoms. The summed E-state index contributed by atoms with van der Waals surface area (Å²) in [6.45, 7) is 2.66. The van der Waals surface area contributed by atoms with Crippen molar-refractivity contribution in [3.63, 3.8) is 0 Å². The topological polar surface area (TPSA) is 27.0 Å². The largest absolute Gasteiger partial charge is 0.297 e. The standard InChI is InChI=1S/C18H17ClN2/c19-17-8-6-15(7-9-17)18-13-21(12-16(18)10-20)11-14-4-2-1-3-5-14/h1-9,16,18H,11-13H2/t16-,18-/m0/s1. The summed E-state index contributed by atoms with van der Waals surface area (Å²) in [6, 6.07) is 20.8. The Hall–Kier alpha value is -1.82. The highest BCUT2D eigenvalue weighted by Gasteiger charge is 2.33. The third kappa shape index (κ3) is 3.26. The van der Waals surface area contributed by atoms with Crippen molar-refractivity contribution in [3.8, 4) is 6.07 Å². The van der Waals surface area contributed by atoms with E-state index in [0.717, 1.165) is 24.7 Å². The molecule has 0 aromatic heterocycles. The van der Waals surface area contributed by atoms with Gasteiger partial charge in [0.1, 0.15) is 0 Å². The van der Waals surface area contributed by atoms with E-state index in [1.807, 2.05) is 30.3 Å². The summed E-state index contributed by atoms with van der Waals surface area (Å²) in [6.07, 6.45) is 0. The first-order valence-electron chi connectivity index (χ1n) is 7.17. The van der Waals surface area contributed by atoms with Gasteiger partial charge in [0.05, 0.1) is 12.0 Å². The fraction of sp³-hybridized carbons (Fsp3) is 0.278. The molecule has 3 heteroatoms. The van der Waals surface area contributed by atoms with Crippen LogP contribution in [0.3, 0.4) is 0 Å². The van der Waals surface area contributed by atoms with Gasteiger partial charge in [0, 0.05) is 30.6 Å². The molecule has 1 heterocycles. The van der Waals surface area contributed by atoms with Gasteiger partial charge in [-0.2, -0.15) is 5.26 Å². The van der Waals surface area contributed by atoms with E-state index < -0.39 is 0 Å². The minimum Gasteiger partial charge on any atom is -0.297 e. The smallest absolute Gasteiger partial charge is 0.0676 e. The highest BCUT2D eigenvalue weighted by molar-refractivity contribution is 6.30. The van der Waals surface area contributed by atoms with Crippen molar-refractivity contribution in [2.75, 3.05) is 13.1 Å². The number of nitrogens with zero attached hydrogens (tertiary/aromatic N) is 2. The summed E-state index contributed by atoms with van der Waals surface area (Å²) in [4.78, 5) is 2.36. The second kappa shape index (κ2) is 6.30. The molecule has 1 aliphatic heterocycles. The Bertz CT molecular complexity index is 631. The lowest BCUT2D eigenvalue weighted by atomic mass is 9.90. The average molecular weight is 297 g/mol. The molecule has 0 spiro atoms. The maximum atomic E-state index is 9.43. The number of benzene rings is 2. The summed E-state index contributed by atoms with van der Waals surface area (Å²) in [5, 5.41) is 10.2. The van der Waals surface area contributed by atoms with Crippen LogP contribution < -0.4 is 0 Å². The Balaban J connectivity index is 1.74. The lowest BCUT2D eigenvalue weighted by molar-refractivity contribution is 0.322. The Labute approximate surface area is 130 Å². The van der Waals surface area contributed by atoms with Gasteiger partial charge in [-0.15, -0.1) is 0 Å². The van der Waals surface area contributed by atoms with Crippen LogP contribution in [0, 0.1) is 17.2 Å². The summed E-state index contributed by atoms with van der Waals surface area (Å²) in [5.41, 5.74) is 2.51. The van der Waals surface area contributed by atoms with Crippen LogP contribution in [0.5, 0.6) is 0 Å². The van der Waals surface area contributed by atoms with Gasteiger partial charge in [0.25, 0.3) is 0 Å². The minimum absolute atomic E-state index is 0.0508. The third-order valence-corrected chi connectivity index (χ3v) is 4.36. The fourth-order valence-corrected chi connectivity index (χ4v) is 3.16. The molecular weight excluding hydrogens is 280 g/mol. The van der Waals surface area contributed by atoms with E-state index in [4.69, 9.17) is 11.6 Å². The quantitative estimate of drug-likeness (QED) is 0.853. The van der Waals surface area contributed by atoms with Crippen LogP contribution in [0.25, 0.3) is 0 Å². The van der Waals surface area contributed by atoms with Gasteiger partial charge < -0.3 is 0 Å². The van der Waals surface area contributed by atoms with Gasteiger partial charge in [0.15, 0.2) is 0 Å². The van der Waals surface area contributed by atoms with E-state index in [-0.39, 0.29) is 11.8 Å². The summed E-state index contributed by atoms with van der Waals surface area (Å²) >= 11 is 5.95. The molecule has 0 N–H and O–H groups in total. The lowest BCUT2D eigenvalue weighted by Crippen LogP contribution is -2.20. The predicted molar refractivity (Wildman–Crippen MR) is 85.0 cm³/mol. The molecule has 21 heavy (non-hydrogen) atoms. The zero-order valence-corrected chi connectivity index (χ0v) is 12.5. The van der Waals surface area contributed by atoms with Crippen LogP contribution >= 0.6 is 11.6 Å².